The van der Waals surface area contributed by atoms with E-state index in [1.165, 1.54) is 25.1 Å². The predicted octanol–water partition coefficient (Wildman–Crippen LogP) is 3.96. The zero-order valence-corrected chi connectivity index (χ0v) is 15.2. The summed E-state index contributed by atoms with van der Waals surface area (Å²) in [7, 11) is 0. The van der Waals surface area contributed by atoms with Gasteiger partial charge in [0.2, 0.25) is 5.89 Å². The lowest BCUT2D eigenvalue weighted by molar-refractivity contribution is 0.0930. The van der Waals surface area contributed by atoms with Gasteiger partial charge in [-0.15, -0.1) is 0 Å². The topological polar surface area (TPSA) is 80.9 Å². The van der Waals surface area contributed by atoms with Gasteiger partial charge in [0, 0.05) is 36.0 Å². The number of aryl methyl sites for hydroxylation is 1. The number of halogens is 1. The Balaban J connectivity index is 1.41. The number of oxazole rings is 1. The second-order valence-corrected chi connectivity index (χ2v) is 7.38. The number of pyridine rings is 2. The molecule has 2 aliphatic rings. The van der Waals surface area contributed by atoms with Crippen molar-refractivity contribution in [1.29, 1.82) is 0 Å². The molecule has 5 rings (SSSR count). The van der Waals surface area contributed by atoms with Crippen molar-refractivity contribution in [1.82, 2.24) is 20.3 Å². The smallest absolute Gasteiger partial charge is 0.253 e. The van der Waals surface area contributed by atoms with E-state index in [1.807, 2.05) is 12.1 Å². The lowest BCUT2D eigenvalue weighted by atomic mass is 9.96. The van der Waals surface area contributed by atoms with Crippen molar-refractivity contribution in [2.24, 2.45) is 0 Å². The number of carbonyl (C=O) groups is 1. The zero-order chi connectivity index (χ0) is 19.1. The molecule has 0 aliphatic heterocycles. The van der Waals surface area contributed by atoms with Crippen molar-refractivity contribution in [2.75, 3.05) is 0 Å². The van der Waals surface area contributed by atoms with Crippen molar-refractivity contribution >= 4 is 5.91 Å². The molecule has 0 unspecified atom stereocenters. The van der Waals surface area contributed by atoms with E-state index in [0.717, 1.165) is 48.2 Å². The molecule has 0 radical (unpaired) electrons. The standard InChI is InChI=1S/C21H19FN4O2/c22-15-8-14(10-23-11-15)20(27)25-16-2-1-3-18-19(16)26-21(28-18)13-6-7-24-17(9-13)12-4-5-12/h6-12,16H,1-5H2,(H,25,27)/t16-/m1/s1. The molecule has 28 heavy (non-hydrogen) atoms. The van der Waals surface area contributed by atoms with Crippen molar-refractivity contribution in [3.63, 3.8) is 0 Å². The first-order valence-electron chi connectivity index (χ1n) is 9.55. The minimum absolute atomic E-state index is 0.194. The molecule has 1 atom stereocenters. The highest BCUT2D eigenvalue weighted by Crippen LogP contribution is 2.40. The monoisotopic (exact) mass is 378 g/mol. The summed E-state index contributed by atoms with van der Waals surface area (Å²) < 4.78 is 19.4. The number of fused-ring (bicyclic) bond motifs is 1. The minimum Gasteiger partial charge on any atom is -0.441 e. The summed E-state index contributed by atoms with van der Waals surface area (Å²) >= 11 is 0. The number of amides is 1. The molecule has 3 aromatic heterocycles. The maximum absolute atomic E-state index is 13.4. The summed E-state index contributed by atoms with van der Waals surface area (Å²) in [5, 5.41) is 2.94. The Morgan fingerprint density at radius 3 is 2.93 bits per heavy atom. The fourth-order valence-electron chi connectivity index (χ4n) is 3.64. The van der Waals surface area contributed by atoms with Gasteiger partial charge in [-0.2, -0.15) is 0 Å². The molecule has 1 N–H and O–H groups in total. The van der Waals surface area contributed by atoms with Crippen LogP contribution in [0.5, 0.6) is 0 Å². The van der Waals surface area contributed by atoms with Crippen LogP contribution >= 0.6 is 0 Å². The van der Waals surface area contributed by atoms with Gasteiger partial charge in [-0.1, -0.05) is 0 Å². The SMILES string of the molecule is O=C(N[C@@H]1CCCc2oc(-c3ccnc(C4CC4)c3)nc21)c1cncc(F)c1. The van der Waals surface area contributed by atoms with Crippen LogP contribution in [-0.4, -0.2) is 20.9 Å². The highest BCUT2D eigenvalue weighted by molar-refractivity contribution is 5.94. The zero-order valence-electron chi connectivity index (χ0n) is 15.2. The van der Waals surface area contributed by atoms with Crippen LogP contribution in [0.2, 0.25) is 0 Å². The number of aromatic nitrogens is 3. The van der Waals surface area contributed by atoms with Gasteiger partial charge in [-0.25, -0.2) is 9.37 Å². The molecule has 142 valence electrons. The van der Waals surface area contributed by atoms with Crippen LogP contribution in [0.25, 0.3) is 11.5 Å². The summed E-state index contributed by atoms with van der Waals surface area (Å²) in [6.45, 7) is 0. The second kappa shape index (κ2) is 6.82. The fraction of sp³-hybridized carbons (Fsp3) is 0.333. The average molecular weight is 378 g/mol. The molecule has 0 aromatic carbocycles. The molecule has 6 nitrogen and oxygen atoms in total. The van der Waals surface area contributed by atoms with E-state index in [2.05, 4.69) is 20.3 Å². The predicted molar refractivity (Wildman–Crippen MR) is 99.0 cm³/mol. The van der Waals surface area contributed by atoms with Gasteiger partial charge in [-0.05, 0) is 43.9 Å². The third kappa shape index (κ3) is 3.28. The maximum atomic E-state index is 13.4. The van der Waals surface area contributed by atoms with Crippen LogP contribution in [0.1, 0.15) is 65.1 Å². The second-order valence-electron chi connectivity index (χ2n) is 7.38. The molecule has 3 aromatic rings. The van der Waals surface area contributed by atoms with Crippen molar-refractivity contribution in [2.45, 2.75) is 44.1 Å². The molecule has 1 saturated carbocycles. The van der Waals surface area contributed by atoms with E-state index < -0.39 is 5.82 Å². The maximum Gasteiger partial charge on any atom is 0.253 e. The fourth-order valence-corrected chi connectivity index (χ4v) is 3.64. The largest absolute Gasteiger partial charge is 0.441 e. The Hall–Kier alpha value is -3.09. The number of nitrogens with one attached hydrogen (secondary N) is 1. The molecule has 2 aliphatic carbocycles. The quantitative estimate of drug-likeness (QED) is 0.743. The highest BCUT2D eigenvalue weighted by Gasteiger charge is 2.29. The van der Waals surface area contributed by atoms with E-state index in [0.29, 0.717) is 11.8 Å². The lowest BCUT2D eigenvalue weighted by Gasteiger charge is -2.21. The Kier molecular flexibility index (Phi) is 4.15. The highest BCUT2D eigenvalue weighted by atomic mass is 19.1. The Bertz CT molecular complexity index is 1040. The van der Waals surface area contributed by atoms with Gasteiger partial charge in [0.15, 0.2) is 0 Å². The normalized spacial score (nSPS) is 18.5. The first-order valence-corrected chi connectivity index (χ1v) is 9.55. The molecule has 0 saturated heterocycles. The van der Waals surface area contributed by atoms with Crippen LogP contribution in [-0.2, 0) is 6.42 Å². The van der Waals surface area contributed by atoms with E-state index in [9.17, 15) is 9.18 Å². The molecule has 0 spiro atoms. The summed E-state index contributed by atoms with van der Waals surface area (Å²) in [5.41, 5.74) is 2.94. The van der Waals surface area contributed by atoms with Crippen LogP contribution in [0.4, 0.5) is 4.39 Å². The summed E-state index contributed by atoms with van der Waals surface area (Å²) in [6.07, 6.45) is 9.02. The average Bonchev–Trinajstić information content (AvgIpc) is 3.47. The van der Waals surface area contributed by atoms with Crippen LogP contribution in [0.3, 0.4) is 0 Å². The molecule has 1 fully saturated rings. The van der Waals surface area contributed by atoms with Gasteiger partial charge < -0.3 is 9.73 Å². The first-order chi connectivity index (χ1) is 13.7. The number of nitrogens with zero attached hydrogens (tertiary/aromatic N) is 3. The lowest BCUT2D eigenvalue weighted by Crippen LogP contribution is -2.31. The summed E-state index contributed by atoms with van der Waals surface area (Å²) in [4.78, 5) is 25.4. The summed E-state index contributed by atoms with van der Waals surface area (Å²) in [6, 6.07) is 4.86. The van der Waals surface area contributed by atoms with Gasteiger partial charge in [-0.3, -0.25) is 14.8 Å². The van der Waals surface area contributed by atoms with Gasteiger partial charge >= 0.3 is 0 Å². The van der Waals surface area contributed by atoms with E-state index in [1.54, 1.807) is 6.20 Å². The van der Waals surface area contributed by atoms with Crippen molar-refractivity contribution < 1.29 is 13.6 Å². The third-order valence-electron chi connectivity index (χ3n) is 5.25. The van der Waals surface area contributed by atoms with Crippen LogP contribution < -0.4 is 5.32 Å². The van der Waals surface area contributed by atoms with E-state index in [-0.39, 0.29) is 17.5 Å². The molecular weight excluding hydrogens is 359 g/mol. The number of carbonyl (C=O) groups excluding carboxylic acids is 1. The number of hydrogen-bond acceptors (Lipinski definition) is 5. The molecule has 1 amide bonds. The molecule has 3 heterocycles. The third-order valence-corrected chi connectivity index (χ3v) is 5.25. The molecular formula is C21H19FN4O2. The Morgan fingerprint density at radius 1 is 1.21 bits per heavy atom. The van der Waals surface area contributed by atoms with Gasteiger partial charge in [0.05, 0.1) is 17.8 Å². The van der Waals surface area contributed by atoms with Crippen LogP contribution in [0.15, 0.2) is 41.2 Å². The van der Waals surface area contributed by atoms with E-state index >= 15 is 0 Å². The number of hydrogen-bond donors (Lipinski definition) is 1. The minimum atomic E-state index is -0.537. The van der Waals surface area contributed by atoms with Crippen molar-refractivity contribution in [3.05, 3.63) is 65.3 Å². The van der Waals surface area contributed by atoms with E-state index in [4.69, 9.17) is 4.42 Å². The summed E-state index contributed by atoms with van der Waals surface area (Å²) in [5.74, 6) is 1.01. The van der Waals surface area contributed by atoms with Crippen molar-refractivity contribution in [3.8, 4) is 11.5 Å². The molecule has 0 bridgehead atoms. The molecule has 7 heteroatoms. The van der Waals surface area contributed by atoms with Gasteiger partial charge in [0.25, 0.3) is 5.91 Å². The Morgan fingerprint density at radius 2 is 2.11 bits per heavy atom. The van der Waals surface area contributed by atoms with Gasteiger partial charge in [0.1, 0.15) is 17.3 Å². The van der Waals surface area contributed by atoms with Crippen LogP contribution in [0, 0.1) is 5.82 Å². The first kappa shape index (κ1) is 17.0. The Labute approximate surface area is 161 Å². The number of rotatable bonds is 4.